The van der Waals surface area contributed by atoms with E-state index in [1.165, 1.54) is 5.56 Å². The normalized spacial score (nSPS) is 10.4. The predicted molar refractivity (Wildman–Crippen MR) is 77.7 cm³/mol. The molecule has 0 bridgehead atoms. The highest BCUT2D eigenvalue weighted by Crippen LogP contribution is 2.28. The lowest BCUT2D eigenvalue weighted by Gasteiger charge is -1.99. The zero-order valence-electron chi connectivity index (χ0n) is 11.2. The second kappa shape index (κ2) is 5.61. The number of nitrogens with zero attached hydrogens (tertiary/aromatic N) is 1. The quantitative estimate of drug-likeness (QED) is 0.716. The molecule has 0 fully saturated rings. The largest absolute Gasteiger partial charge is 0.467 e. The molecule has 0 saturated carbocycles. The van der Waals surface area contributed by atoms with Gasteiger partial charge < -0.3 is 9.15 Å². The molecule has 3 rings (SSSR count). The zero-order chi connectivity index (χ0) is 13.8. The van der Waals surface area contributed by atoms with Crippen LogP contribution in [-0.2, 0) is 6.42 Å². The van der Waals surface area contributed by atoms with Crippen LogP contribution in [0.4, 0.5) is 0 Å². The van der Waals surface area contributed by atoms with Crippen LogP contribution in [0.2, 0.25) is 0 Å². The Balaban J connectivity index is 1.93. The fourth-order valence-corrected chi connectivity index (χ4v) is 2.10. The molecule has 0 atom stereocenters. The monoisotopic (exact) mass is 265 g/mol. The number of benzene rings is 2. The maximum atomic E-state index is 5.69. The Labute approximate surface area is 117 Å². The summed E-state index contributed by atoms with van der Waals surface area (Å²) < 4.78 is 11.0. The number of aromatic nitrogens is 1. The first-order valence-corrected chi connectivity index (χ1v) is 6.50. The summed E-state index contributed by atoms with van der Waals surface area (Å²) in [5, 5.41) is 0. The number of methoxy groups -OCH3 is 1. The van der Waals surface area contributed by atoms with Crippen molar-refractivity contribution >= 4 is 0 Å². The maximum Gasteiger partial charge on any atom is 0.308 e. The fraction of sp³-hybridized carbons (Fsp3) is 0.118. The second-order valence-electron chi connectivity index (χ2n) is 4.49. The molecule has 0 aliphatic rings. The van der Waals surface area contributed by atoms with Crippen molar-refractivity contribution in [1.82, 2.24) is 4.98 Å². The predicted octanol–water partition coefficient (Wildman–Crippen LogP) is 3.94. The minimum Gasteiger partial charge on any atom is -0.467 e. The molecule has 3 nitrogen and oxygen atoms in total. The first kappa shape index (κ1) is 12.5. The average Bonchev–Trinajstić information content (AvgIpc) is 2.92. The molecule has 20 heavy (non-hydrogen) atoms. The standard InChI is InChI=1S/C17H15NO2/c1-19-17-15(12-13-8-4-2-5-9-13)18-16(20-17)14-10-6-3-7-11-14/h2-11H,12H2,1H3. The van der Waals surface area contributed by atoms with E-state index in [1.54, 1.807) is 7.11 Å². The summed E-state index contributed by atoms with van der Waals surface area (Å²) in [5.74, 6) is 1.07. The van der Waals surface area contributed by atoms with Crippen molar-refractivity contribution in [3.8, 4) is 17.4 Å². The molecule has 0 aliphatic heterocycles. The molecule has 0 spiro atoms. The number of ether oxygens (including phenoxy) is 1. The molecular weight excluding hydrogens is 250 g/mol. The third-order valence-electron chi connectivity index (χ3n) is 3.08. The van der Waals surface area contributed by atoms with E-state index in [2.05, 4.69) is 17.1 Å². The van der Waals surface area contributed by atoms with Crippen LogP contribution in [-0.4, -0.2) is 12.1 Å². The van der Waals surface area contributed by atoms with Crippen LogP contribution in [0.15, 0.2) is 65.1 Å². The van der Waals surface area contributed by atoms with E-state index in [-0.39, 0.29) is 0 Å². The molecule has 3 aromatic rings. The molecule has 1 heterocycles. The van der Waals surface area contributed by atoms with Crippen molar-refractivity contribution in [1.29, 1.82) is 0 Å². The van der Waals surface area contributed by atoms with E-state index in [0.29, 0.717) is 18.3 Å². The molecule has 0 radical (unpaired) electrons. The van der Waals surface area contributed by atoms with Crippen molar-refractivity contribution in [2.24, 2.45) is 0 Å². The number of oxazole rings is 1. The third-order valence-corrected chi connectivity index (χ3v) is 3.08. The highest BCUT2D eigenvalue weighted by atomic mass is 16.6. The maximum absolute atomic E-state index is 5.69. The molecular formula is C17H15NO2. The van der Waals surface area contributed by atoms with Gasteiger partial charge in [-0.25, -0.2) is 4.98 Å². The van der Waals surface area contributed by atoms with Gasteiger partial charge in [-0.2, -0.15) is 0 Å². The van der Waals surface area contributed by atoms with Gasteiger partial charge in [0.15, 0.2) is 0 Å². The van der Waals surface area contributed by atoms with Crippen LogP contribution in [0.1, 0.15) is 11.3 Å². The van der Waals surface area contributed by atoms with Gasteiger partial charge >= 0.3 is 5.95 Å². The summed E-state index contributed by atoms with van der Waals surface area (Å²) in [6.07, 6.45) is 0.695. The molecule has 3 heteroatoms. The first-order chi connectivity index (χ1) is 9.86. The fourth-order valence-electron chi connectivity index (χ4n) is 2.10. The molecule has 2 aromatic carbocycles. The van der Waals surface area contributed by atoms with E-state index in [1.807, 2.05) is 48.5 Å². The lowest BCUT2D eigenvalue weighted by molar-refractivity contribution is 0.305. The highest BCUT2D eigenvalue weighted by molar-refractivity contribution is 5.54. The number of rotatable bonds is 4. The smallest absolute Gasteiger partial charge is 0.308 e. The minimum absolute atomic E-state index is 0.479. The Morgan fingerprint density at radius 3 is 2.25 bits per heavy atom. The lowest BCUT2D eigenvalue weighted by Crippen LogP contribution is -1.92. The molecule has 0 unspecified atom stereocenters. The van der Waals surface area contributed by atoms with Crippen LogP contribution >= 0.6 is 0 Å². The summed E-state index contributed by atoms with van der Waals surface area (Å²) in [5.41, 5.74) is 2.95. The molecule has 0 amide bonds. The molecule has 0 saturated heterocycles. The van der Waals surface area contributed by atoms with E-state index in [4.69, 9.17) is 9.15 Å². The highest BCUT2D eigenvalue weighted by Gasteiger charge is 2.15. The van der Waals surface area contributed by atoms with Crippen molar-refractivity contribution in [3.63, 3.8) is 0 Å². The summed E-state index contributed by atoms with van der Waals surface area (Å²) in [6.45, 7) is 0. The van der Waals surface area contributed by atoms with E-state index < -0.39 is 0 Å². The van der Waals surface area contributed by atoms with Crippen LogP contribution < -0.4 is 4.74 Å². The summed E-state index contributed by atoms with van der Waals surface area (Å²) >= 11 is 0. The third kappa shape index (κ3) is 2.57. The lowest BCUT2D eigenvalue weighted by atomic mass is 10.1. The molecule has 0 N–H and O–H groups in total. The van der Waals surface area contributed by atoms with Crippen LogP contribution in [0.3, 0.4) is 0 Å². The Hall–Kier alpha value is -2.55. The van der Waals surface area contributed by atoms with E-state index >= 15 is 0 Å². The van der Waals surface area contributed by atoms with Crippen molar-refractivity contribution in [2.45, 2.75) is 6.42 Å². The van der Waals surface area contributed by atoms with Crippen LogP contribution in [0.5, 0.6) is 5.95 Å². The topological polar surface area (TPSA) is 35.3 Å². The van der Waals surface area contributed by atoms with Gasteiger partial charge in [-0.05, 0) is 17.7 Å². The summed E-state index contributed by atoms with van der Waals surface area (Å²) in [4.78, 5) is 4.55. The summed E-state index contributed by atoms with van der Waals surface area (Å²) in [6, 6.07) is 20.0. The Morgan fingerprint density at radius 2 is 1.60 bits per heavy atom. The zero-order valence-corrected chi connectivity index (χ0v) is 11.2. The van der Waals surface area contributed by atoms with Crippen molar-refractivity contribution < 1.29 is 9.15 Å². The van der Waals surface area contributed by atoms with E-state index in [0.717, 1.165) is 11.3 Å². The van der Waals surface area contributed by atoms with Crippen LogP contribution in [0, 0.1) is 0 Å². The van der Waals surface area contributed by atoms with Gasteiger partial charge in [-0.15, -0.1) is 0 Å². The number of hydrogen-bond acceptors (Lipinski definition) is 3. The Kier molecular flexibility index (Phi) is 3.50. The van der Waals surface area contributed by atoms with Gasteiger partial charge in [0.2, 0.25) is 5.89 Å². The number of hydrogen-bond donors (Lipinski definition) is 0. The Bertz CT molecular complexity index is 675. The van der Waals surface area contributed by atoms with Crippen molar-refractivity contribution in [2.75, 3.05) is 7.11 Å². The van der Waals surface area contributed by atoms with Gasteiger partial charge in [0.1, 0.15) is 5.69 Å². The second-order valence-corrected chi connectivity index (χ2v) is 4.49. The first-order valence-electron chi connectivity index (χ1n) is 6.50. The van der Waals surface area contributed by atoms with Gasteiger partial charge in [0, 0.05) is 12.0 Å². The Morgan fingerprint density at radius 1 is 0.950 bits per heavy atom. The van der Waals surface area contributed by atoms with Gasteiger partial charge in [0.05, 0.1) is 7.11 Å². The van der Waals surface area contributed by atoms with Gasteiger partial charge in [-0.1, -0.05) is 48.5 Å². The van der Waals surface area contributed by atoms with Crippen molar-refractivity contribution in [3.05, 3.63) is 71.9 Å². The van der Waals surface area contributed by atoms with Gasteiger partial charge in [0.25, 0.3) is 0 Å². The van der Waals surface area contributed by atoms with Crippen LogP contribution in [0.25, 0.3) is 11.5 Å². The average molecular weight is 265 g/mol. The molecule has 1 aromatic heterocycles. The SMILES string of the molecule is COc1oc(-c2ccccc2)nc1Cc1ccccc1. The molecule has 100 valence electrons. The van der Waals surface area contributed by atoms with E-state index in [9.17, 15) is 0 Å². The minimum atomic E-state index is 0.479. The summed E-state index contributed by atoms with van der Waals surface area (Å²) in [7, 11) is 1.60. The molecule has 0 aliphatic carbocycles. The van der Waals surface area contributed by atoms with Gasteiger partial charge in [-0.3, -0.25) is 0 Å².